The van der Waals surface area contributed by atoms with Gasteiger partial charge in [-0.15, -0.1) is 0 Å². The molecule has 1 aromatic carbocycles. The Morgan fingerprint density at radius 2 is 2.19 bits per heavy atom. The Balaban J connectivity index is 2.53. The number of ether oxygens (including phenoxy) is 1. The lowest BCUT2D eigenvalue weighted by Crippen LogP contribution is -2.10. The van der Waals surface area contributed by atoms with Crippen LogP contribution in [0.25, 0.3) is 11.3 Å². The molecule has 5 nitrogen and oxygen atoms in total. The second kappa shape index (κ2) is 4.06. The smallest absolute Gasteiger partial charge is 0.252 e. The maximum Gasteiger partial charge on any atom is 0.252 e. The van der Waals surface area contributed by atoms with Gasteiger partial charge in [-0.05, 0) is 12.1 Å². The van der Waals surface area contributed by atoms with Gasteiger partial charge < -0.3 is 10.5 Å². The van der Waals surface area contributed by atoms with Crippen molar-refractivity contribution in [1.82, 2.24) is 9.97 Å². The second-order valence-corrected chi connectivity index (χ2v) is 3.25. The predicted molar refractivity (Wildman–Crippen MR) is 61.3 cm³/mol. The van der Waals surface area contributed by atoms with Gasteiger partial charge in [0.25, 0.3) is 5.56 Å². The van der Waals surface area contributed by atoms with Crippen molar-refractivity contribution >= 4 is 5.95 Å². The van der Waals surface area contributed by atoms with Crippen LogP contribution in [-0.4, -0.2) is 17.1 Å². The Kier molecular flexibility index (Phi) is 2.59. The first-order valence-corrected chi connectivity index (χ1v) is 4.70. The van der Waals surface area contributed by atoms with Crippen LogP contribution in [0.5, 0.6) is 5.75 Å². The van der Waals surface area contributed by atoms with Gasteiger partial charge in [0, 0.05) is 11.6 Å². The molecule has 16 heavy (non-hydrogen) atoms. The largest absolute Gasteiger partial charge is 0.497 e. The zero-order chi connectivity index (χ0) is 11.5. The first kappa shape index (κ1) is 10.2. The number of nitrogens with two attached hydrogens (primary N) is 1. The molecule has 0 aliphatic carbocycles. The lowest BCUT2D eigenvalue weighted by atomic mass is 10.1. The molecule has 1 heterocycles. The number of nitrogens with one attached hydrogen (secondary N) is 1. The van der Waals surface area contributed by atoms with E-state index in [0.29, 0.717) is 11.4 Å². The second-order valence-electron chi connectivity index (χ2n) is 3.25. The van der Waals surface area contributed by atoms with E-state index < -0.39 is 0 Å². The summed E-state index contributed by atoms with van der Waals surface area (Å²) in [6.45, 7) is 0. The Bertz CT molecular complexity index is 563. The summed E-state index contributed by atoms with van der Waals surface area (Å²) in [7, 11) is 1.58. The highest BCUT2D eigenvalue weighted by atomic mass is 16.5. The number of hydrogen-bond acceptors (Lipinski definition) is 4. The number of nitrogen functional groups attached to an aromatic ring is 1. The summed E-state index contributed by atoms with van der Waals surface area (Å²) < 4.78 is 5.09. The van der Waals surface area contributed by atoms with Gasteiger partial charge in [0.2, 0.25) is 5.95 Å². The molecule has 3 N–H and O–H groups in total. The first-order chi connectivity index (χ1) is 7.69. The normalized spacial score (nSPS) is 10.1. The van der Waals surface area contributed by atoms with E-state index in [9.17, 15) is 4.79 Å². The Hall–Kier alpha value is -2.30. The molecule has 0 spiro atoms. The topological polar surface area (TPSA) is 81.0 Å². The van der Waals surface area contributed by atoms with Crippen LogP contribution in [0, 0.1) is 0 Å². The van der Waals surface area contributed by atoms with Crippen LogP contribution in [0.2, 0.25) is 0 Å². The van der Waals surface area contributed by atoms with Crippen LogP contribution in [-0.2, 0) is 0 Å². The third-order valence-corrected chi connectivity index (χ3v) is 2.13. The Morgan fingerprint density at radius 1 is 1.38 bits per heavy atom. The number of anilines is 1. The quantitative estimate of drug-likeness (QED) is 0.787. The van der Waals surface area contributed by atoms with E-state index in [1.54, 1.807) is 13.2 Å². The zero-order valence-electron chi connectivity index (χ0n) is 8.73. The molecular weight excluding hydrogens is 206 g/mol. The highest BCUT2D eigenvalue weighted by Gasteiger charge is 2.03. The summed E-state index contributed by atoms with van der Waals surface area (Å²) in [4.78, 5) is 17.7. The first-order valence-electron chi connectivity index (χ1n) is 4.70. The fraction of sp³-hybridized carbons (Fsp3) is 0.0909. The monoisotopic (exact) mass is 217 g/mol. The third kappa shape index (κ3) is 2.03. The highest BCUT2D eigenvalue weighted by molar-refractivity contribution is 5.61. The number of benzene rings is 1. The van der Waals surface area contributed by atoms with Crippen LogP contribution in [0.3, 0.4) is 0 Å². The van der Waals surface area contributed by atoms with E-state index in [1.807, 2.05) is 18.2 Å². The van der Waals surface area contributed by atoms with Crippen LogP contribution in [0.1, 0.15) is 0 Å². The SMILES string of the molecule is COc1cccc(-c2cc(=O)[nH]c(N)n2)c1. The van der Waals surface area contributed by atoms with Gasteiger partial charge in [0.1, 0.15) is 5.75 Å². The molecule has 1 aromatic heterocycles. The van der Waals surface area contributed by atoms with E-state index in [-0.39, 0.29) is 11.5 Å². The fourth-order valence-corrected chi connectivity index (χ4v) is 1.41. The van der Waals surface area contributed by atoms with E-state index in [2.05, 4.69) is 9.97 Å². The lowest BCUT2D eigenvalue weighted by molar-refractivity contribution is 0.415. The summed E-state index contributed by atoms with van der Waals surface area (Å²) in [6.07, 6.45) is 0. The molecule has 0 bridgehead atoms. The van der Waals surface area contributed by atoms with Crippen LogP contribution < -0.4 is 16.0 Å². The minimum Gasteiger partial charge on any atom is -0.497 e. The van der Waals surface area contributed by atoms with Crippen molar-refractivity contribution in [3.05, 3.63) is 40.7 Å². The number of rotatable bonds is 2. The van der Waals surface area contributed by atoms with Gasteiger partial charge in [0.15, 0.2) is 0 Å². The number of nitrogens with zero attached hydrogens (tertiary/aromatic N) is 1. The standard InChI is InChI=1S/C11H11N3O2/c1-16-8-4-2-3-7(5-8)9-6-10(15)14-11(12)13-9/h2-6H,1H3,(H3,12,13,14,15). The van der Waals surface area contributed by atoms with E-state index in [1.165, 1.54) is 6.07 Å². The van der Waals surface area contributed by atoms with E-state index >= 15 is 0 Å². The molecule has 0 aliphatic rings. The molecule has 82 valence electrons. The fourth-order valence-electron chi connectivity index (χ4n) is 1.41. The zero-order valence-corrected chi connectivity index (χ0v) is 8.73. The van der Waals surface area contributed by atoms with Gasteiger partial charge in [-0.25, -0.2) is 4.98 Å². The molecule has 5 heteroatoms. The summed E-state index contributed by atoms with van der Waals surface area (Å²) >= 11 is 0. The molecule has 0 saturated heterocycles. The van der Waals surface area contributed by atoms with Gasteiger partial charge in [-0.2, -0.15) is 0 Å². The number of hydrogen-bond donors (Lipinski definition) is 2. The van der Waals surface area contributed by atoms with E-state index in [0.717, 1.165) is 5.56 Å². The van der Waals surface area contributed by atoms with E-state index in [4.69, 9.17) is 10.5 Å². The minimum atomic E-state index is -0.273. The third-order valence-electron chi connectivity index (χ3n) is 2.13. The van der Waals surface area contributed by atoms with Gasteiger partial charge in [0.05, 0.1) is 12.8 Å². The van der Waals surface area contributed by atoms with Crippen LogP contribution in [0.4, 0.5) is 5.95 Å². The average molecular weight is 217 g/mol. The molecule has 2 rings (SSSR count). The number of aromatic amines is 1. The van der Waals surface area contributed by atoms with Crippen molar-refractivity contribution in [2.75, 3.05) is 12.8 Å². The van der Waals surface area contributed by atoms with Crippen LogP contribution >= 0.6 is 0 Å². The van der Waals surface area contributed by atoms with Gasteiger partial charge in [-0.1, -0.05) is 12.1 Å². The summed E-state index contributed by atoms with van der Waals surface area (Å²) in [5.74, 6) is 0.809. The number of methoxy groups -OCH3 is 1. The molecule has 0 saturated carbocycles. The molecule has 0 amide bonds. The minimum absolute atomic E-state index is 0.102. The van der Waals surface area contributed by atoms with Gasteiger partial charge in [-0.3, -0.25) is 9.78 Å². The maximum atomic E-state index is 11.2. The molecule has 0 radical (unpaired) electrons. The summed E-state index contributed by atoms with van der Waals surface area (Å²) in [5.41, 5.74) is 6.51. The molecular formula is C11H11N3O2. The van der Waals surface area contributed by atoms with Crippen molar-refractivity contribution in [3.8, 4) is 17.0 Å². The van der Waals surface area contributed by atoms with Crippen molar-refractivity contribution in [2.24, 2.45) is 0 Å². The summed E-state index contributed by atoms with van der Waals surface area (Å²) in [5, 5.41) is 0. The Labute approximate surface area is 91.9 Å². The highest BCUT2D eigenvalue weighted by Crippen LogP contribution is 2.21. The molecule has 0 unspecified atom stereocenters. The van der Waals surface area contributed by atoms with Crippen molar-refractivity contribution in [2.45, 2.75) is 0 Å². The lowest BCUT2D eigenvalue weighted by Gasteiger charge is -2.04. The molecule has 0 fully saturated rings. The van der Waals surface area contributed by atoms with Crippen LogP contribution in [0.15, 0.2) is 35.1 Å². The molecule has 2 aromatic rings. The number of aromatic nitrogens is 2. The van der Waals surface area contributed by atoms with Crippen molar-refractivity contribution < 1.29 is 4.74 Å². The van der Waals surface area contributed by atoms with Crippen molar-refractivity contribution in [3.63, 3.8) is 0 Å². The van der Waals surface area contributed by atoms with Crippen molar-refractivity contribution in [1.29, 1.82) is 0 Å². The molecule has 0 aliphatic heterocycles. The maximum absolute atomic E-state index is 11.2. The summed E-state index contributed by atoms with van der Waals surface area (Å²) in [6, 6.07) is 8.67. The Morgan fingerprint density at radius 3 is 2.88 bits per heavy atom. The predicted octanol–water partition coefficient (Wildman–Crippen LogP) is 1.03. The molecule has 0 atom stereocenters. The number of H-pyrrole nitrogens is 1. The average Bonchev–Trinajstić information content (AvgIpc) is 2.28. The van der Waals surface area contributed by atoms with Gasteiger partial charge >= 0.3 is 0 Å².